The summed E-state index contributed by atoms with van der Waals surface area (Å²) in [5, 5.41) is 10.7. The molecule has 0 bridgehead atoms. The number of phenolic OH excluding ortho intramolecular Hbond substituents is 1. The zero-order valence-electron chi connectivity index (χ0n) is 17.9. The smallest absolute Gasteiger partial charge is 0.142 e. The summed E-state index contributed by atoms with van der Waals surface area (Å²) in [6, 6.07) is 12.4. The van der Waals surface area contributed by atoms with Gasteiger partial charge in [0.2, 0.25) is 0 Å². The minimum atomic E-state index is 0.263. The van der Waals surface area contributed by atoms with Gasteiger partial charge in [-0.2, -0.15) is 0 Å². The second kappa shape index (κ2) is 9.80. The van der Waals surface area contributed by atoms with Gasteiger partial charge in [0.05, 0.1) is 0 Å². The molecule has 0 spiro atoms. The van der Waals surface area contributed by atoms with E-state index in [0.29, 0.717) is 12.5 Å². The standard InChI is InChI=1S/C23H27NO2.C3H6/c1-16-7-6-10-19(11-16)22-21(25)12-17(2)20-14-24(15-26-23(20)22)13-18-8-4-3-5-9-18;1-3-2/h3-5,8-9,11-12,19,25H,6-7,10,13-15H2,1-2H3;3H,1H2,2H3. The molecule has 1 atom stereocenters. The molecule has 1 N–H and O–H groups in total. The summed E-state index contributed by atoms with van der Waals surface area (Å²) < 4.78 is 6.23. The van der Waals surface area contributed by atoms with Crippen LogP contribution in [0.2, 0.25) is 0 Å². The summed E-state index contributed by atoms with van der Waals surface area (Å²) in [6.45, 7) is 11.8. The number of nitrogens with zero attached hydrogens (tertiary/aromatic N) is 1. The second-order valence-corrected chi connectivity index (χ2v) is 8.10. The predicted octanol–water partition coefficient (Wildman–Crippen LogP) is 6.46. The zero-order chi connectivity index (χ0) is 20.8. The Morgan fingerprint density at radius 2 is 1.97 bits per heavy atom. The molecular formula is C26H33NO2. The van der Waals surface area contributed by atoms with Crippen molar-refractivity contribution in [2.45, 2.75) is 59.0 Å². The predicted molar refractivity (Wildman–Crippen MR) is 120 cm³/mol. The Morgan fingerprint density at radius 1 is 1.24 bits per heavy atom. The van der Waals surface area contributed by atoms with Crippen LogP contribution in [-0.2, 0) is 13.1 Å². The molecule has 0 aromatic heterocycles. The number of benzene rings is 2. The third-order valence-electron chi connectivity index (χ3n) is 5.59. The maximum absolute atomic E-state index is 10.7. The Morgan fingerprint density at radius 3 is 2.66 bits per heavy atom. The molecule has 0 saturated carbocycles. The summed E-state index contributed by atoms with van der Waals surface area (Å²) in [6.07, 6.45) is 7.48. The Kier molecular flexibility index (Phi) is 7.16. The van der Waals surface area contributed by atoms with Crippen LogP contribution in [0.4, 0.5) is 0 Å². The van der Waals surface area contributed by atoms with E-state index in [2.05, 4.69) is 55.7 Å². The average molecular weight is 392 g/mol. The number of hydrogen-bond acceptors (Lipinski definition) is 3. The Balaban J connectivity index is 0.000000755. The molecule has 1 aliphatic carbocycles. The van der Waals surface area contributed by atoms with E-state index < -0.39 is 0 Å². The first-order valence-corrected chi connectivity index (χ1v) is 10.5. The van der Waals surface area contributed by atoms with Crippen molar-refractivity contribution in [1.29, 1.82) is 0 Å². The number of ether oxygens (including phenoxy) is 1. The van der Waals surface area contributed by atoms with Gasteiger partial charge in [0, 0.05) is 30.1 Å². The number of rotatable bonds is 3. The van der Waals surface area contributed by atoms with Crippen LogP contribution in [0, 0.1) is 6.92 Å². The van der Waals surface area contributed by atoms with E-state index in [1.54, 1.807) is 6.08 Å². The fourth-order valence-electron chi connectivity index (χ4n) is 4.25. The Bertz CT molecular complexity index is 870. The first-order chi connectivity index (χ1) is 14.0. The largest absolute Gasteiger partial charge is 0.507 e. The molecule has 3 nitrogen and oxygen atoms in total. The molecule has 1 aliphatic heterocycles. The van der Waals surface area contributed by atoms with Gasteiger partial charge >= 0.3 is 0 Å². The van der Waals surface area contributed by atoms with E-state index in [1.807, 2.05) is 19.1 Å². The van der Waals surface area contributed by atoms with Crippen molar-refractivity contribution in [2.75, 3.05) is 6.73 Å². The van der Waals surface area contributed by atoms with E-state index >= 15 is 0 Å². The van der Waals surface area contributed by atoms with Gasteiger partial charge in [-0.15, -0.1) is 6.58 Å². The number of hydrogen-bond donors (Lipinski definition) is 1. The molecule has 154 valence electrons. The first-order valence-electron chi connectivity index (χ1n) is 10.5. The highest BCUT2D eigenvalue weighted by Crippen LogP contribution is 2.45. The van der Waals surface area contributed by atoms with Gasteiger partial charge in [-0.3, -0.25) is 4.90 Å². The van der Waals surface area contributed by atoms with Crippen molar-refractivity contribution in [2.24, 2.45) is 0 Å². The lowest BCUT2D eigenvalue weighted by Gasteiger charge is -2.33. The van der Waals surface area contributed by atoms with Crippen molar-refractivity contribution >= 4 is 0 Å². The average Bonchev–Trinajstić information content (AvgIpc) is 2.70. The van der Waals surface area contributed by atoms with Gasteiger partial charge in [0.15, 0.2) is 0 Å². The van der Waals surface area contributed by atoms with Crippen molar-refractivity contribution in [3.8, 4) is 11.5 Å². The lowest BCUT2D eigenvalue weighted by Crippen LogP contribution is -2.32. The maximum Gasteiger partial charge on any atom is 0.142 e. The summed E-state index contributed by atoms with van der Waals surface area (Å²) >= 11 is 0. The van der Waals surface area contributed by atoms with Crippen LogP contribution in [0.25, 0.3) is 0 Å². The van der Waals surface area contributed by atoms with Crippen molar-refractivity contribution in [1.82, 2.24) is 4.90 Å². The van der Waals surface area contributed by atoms with Crippen LogP contribution in [0.5, 0.6) is 11.5 Å². The van der Waals surface area contributed by atoms with Gasteiger partial charge in [0.25, 0.3) is 0 Å². The number of aryl methyl sites for hydroxylation is 1. The van der Waals surface area contributed by atoms with Crippen molar-refractivity contribution in [3.63, 3.8) is 0 Å². The summed E-state index contributed by atoms with van der Waals surface area (Å²) in [5.41, 5.74) is 6.02. The lowest BCUT2D eigenvalue weighted by molar-refractivity contribution is 0.0865. The van der Waals surface area contributed by atoms with E-state index in [4.69, 9.17) is 4.74 Å². The van der Waals surface area contributed by atoms with Crippen LogP contribution in [-0.4, -0.2) is 16.7 Å². The van der Waals surface area contributed by atoms with Gasteiger partial charge in [-0.05, 0) is 57.2 Å². The molecule has 0 fully saturated rings. The van der Waals surface area contributed by atoms with Crippen LogP contribution in [0.15, 0.2) is 60.7 Å². The molecule has 1 heterocycles. The quantitative estimate of drug-likeness (QED) is 0.610. The molecule has 4 rings (SSSR count). The highest BCUT2D eigenvalue weighted by molar-refractivity contribution is 5.57. The van der Waals surface area contributed by atoms with E-state index in [-0.39, 0.29) is 5.92 Å². The van der Waals surface area contributed by atoms with Gasteiger partial charge in [-0.1, -0.05) is 48.1 Å². The molecule has 2 aromatic rings. The number of fused-ring (bicyclic) bond motifs is 1. The van der Waals surface area contributed by atoms with Gasteiger partial charge < -0.3 is 9.84 Å². The number of allylic oxidation sites excluding steroid dienone is 3. The fourth-order valence-corrected chi connectivity index (χ4v) is 4.25. The molecule has 0 amide bonds. The van der Waals surface area contributed by atoms with Crippen molar-refractivity contribution < 1.29 is 9.84 Å². The third-order valence-corrected chi connectivity index (χ3v) is 5.59. The molecule has 0 saturated heterocycles. The van der Waals surface area contributed by atoms with E-state index in [1.165, 1.54) is 23.1 Å². The summed E-state index contributed by atoms with van der Waals surface area (Å²) in [5.74, 6) is 1.57. The molecule has 2 aliphatic rings. The van der Waals surface area contributed by atoms with Crippen LogP contribution < -0.4 is 4.74 Å². The lowest BCUT2D eigenvalue weighted by atomic mass is 9.83. The van der Waals surface area contributed by atoms with E-state index in [9.17, 15) is 5.11 Å². The number of aromatic hydroxyl groups is 1. The van der Waals surface area contributed by atoms with E-state index in [0.717, 1.165) is 42.8 Å². The minimum absolute atomic E-state index is 0.263. The van der Waals surface area contributed by atoms with Crippen LogP contribution in [0.1, 0.15) is 61.3 Å². The molecule has 2 aromatic carbocycles. The molecule has 29 heavy (non-hydrogen) atoms. The van der Waals surface area contributed by atoms with Gasteiger partial charge in [0.1, 0.15) is 18.2 Å². The summed E-state index contributed by atoms with van der Waals surface area (Å²) in [7, 11) is 0. The molecule has 3 heteroatoms. The Labute approximate surface area is 175 Å². The molecule has 1 unspecified atom stereocenters. The highest BCUT2D eigenvalue weighted by atomic mass is 16.5. The topological polar surface area (TPSA) is 32.7 Å². The summed E-state index contributed by atoms with van der Waals surface area (Å²) in [4.78, 5) is 2.31. The van der Waals surface area contributed by atoms with Crippen molar-refractivity contribution in [3.05, 3.63) is 83.0 Å². The number of phenols is 1. The minimum Gasteiger partial charge on any atom is -0.507 e. The highest BCUT2D eigenvalue weighted by Gasteiger charge is 2.28. The second-order valence-electron chi connectivity index (χ2n) is 8.10. The normalized spacial score (nSPS) is 18.6. The monoisotopic (exact) mass is 391 g/mol. The van der Waals surface area contributed by atoms with Crippen LogP contribution in [0.3, 0.4) is 0 Å². The third kappa shape index (κ3) is 5.10. The Hall–Kier alpha value is -2.52. The fraction of sp³-hybridized carbons (Fsp3) is 0.385. The molecular weight excluding hydrogens is 358 g/mol. The first kappa shape index (κ1) is 21.2. The van der Waals surface area contributed by atoms with Crippen LogP contribution >= 0.6 is 0 Å². The van der Waals surface area contributed by atoms with Gasteiger partial charge in [-0.25, -0.2) is 0 Å². The zero-order valence-corrected chi connectivity index (χ0v) is 17.9. The molecule has 0 radical (unpaired) electrons. The maximum atomic E-state index is 10.7. The SMILES string of the molecule is C=CC.CC1=CC(c2c(O)cc(C)c3c2OCN(Cc2ccccc2)C3)CCC1.